The zero-order valence-corrected chi connectivity index (χ0v) is 15.5. The Kier molecular flexibility index (Phi) is 5.08. The lowest BCUT2D eigenvalue weighted by molar-refractivity contribution is 0.0848. The second-order valence-corrected chi connectivity index (χ2v) is 7.64. The van der Waals surface area contributed by atoms with Crippen LogP contribution in [0.3, 0.4) is 0 Å². The summed E-state index contributed by atoms with van der Waals surface area (Å²) in [6.07, 6.45) is 3.22. The average Bonchev–Trinajstić information content (AvgIpc) is 3.03. The van der Waals surface area contributed by atoms with Crippen molar-refractivity contribution >= 4 is 23.2 Å². The minimum atomic E-state index is -0.374. The number of methoxy groups -OCH3 is 1. The summed E-state index contributed by atoms with van der Waals surface area (Å²) in [6, 6.07) is 7.11. The highest BCUT2D eigenvalue weighted by Crippen LogP contribution is 2.32. The highest BCUT2D eigenvalue weighted by molar-refractivity contribution is 7.14. The van der Waals surface area contributed by atoms with Crippen molar-refractivity contribution in [2.45, 2.75) is 33.1 Å². The number of fused-ring (bicyclic) bond motifs is 1. The van der Waals surface area contributed by atoms with Crippen LogP contribution in [0.2, 0.25) is 0 Å². The zero-order valence-electron chi connectivity index (χ0n) is 14.6. The Labute approximate surface area is 151 Å². The number of hydrogen-bond donors (Lipinski definition) is 2. The summed E-state index contributed by atoms with van der Waals surface area (Å²) >= 11 is 1.52. The summed E-state index contributed by atoms with van der Waals surface area (Å²) in [5, 5.41) is 0. The molecule has 25 heavy (non-hydrogen) atoms. The molecule has 0 radical (unpaired) electrons. The van der Waals surface area contributed by atoms with Gasteiger partial charge in [0.15, 0.2) is 0 Å². The van der Waals surface area contributed by atoms with Gasteiger partial charge in [0.05, 0.1) is 12.0 Å². The van der Waals surface area contributed by atoms with Gasteiger partial charge in [-0.1, -0.05) is 13.0 Å². The molecule has 1 atom stereocenters. The van der Waals surface area contributed by atoms with Crippen molar-refractivity contribution in [3.8, 4) is 5.75 Å². The van der Waals surface area contributed by atoms with Crippen molar-refractivity contribution in [1.82, 2.24) is 10.9 Å². The highest BCUT2D eigenvalue weighted by atomic mass is 32.1. The topological polar surface area (TPSA) is 67.4 Å². The zero-order chi connectivity index (χ0) is 18.0. The van der Waals surface area contributed by atoms with E-state index >= 15 is 0 Å². The van der Waals surface area contributed by atoms with Gasteiger partial charge in [0.2, 0.25) is 0 Å². The minimum absolute atomic E-state index is 0.278. The smallest absolute Gasteiger partial charge is 0.279 e. The van der Waals surface area contributed by atoms with E-state index in [1.165, 1.54) is 28.2 Å². The molecule has 1 aliphatic rings. The molecule has 5 nitrogen and oxygen atoms in total. The number of aryl methyl sites for hydroxylation is 2. The largest absolute Gasteiger partial charge is 0.496 e. The number of amides is 2. The number of thiophene rings is 1. The van der Waals surface area contributed by atoms with E-state index in [0.29, 0.717) is 22.1 Å². The van der Waals surface area contributed by atoms with Crippen LogP contribution in [0.4, 0.5) is 0 Å². The van der Waals surface area contributed by atoms with Gasteiger partial charge in [-0.2, -0.15) is 0 Å². The maximum atomic E-state index is 12.3. The van der Waals surface area contributed by atoms with Crippen molar-refractivity contribution in [3.05, 3.63) is 50.7 Å². The highest BCUT2D eigenvalue weighted by Gasteiger charge is 2.21. The molecule has 6 heteroatoms. The normalized spacial score (nSPS) is 16.0. The Balaban J connectivity index is 1.63. The minimum Gasteiger partial charge on any atom is -0.496 e. The third-order valence-corrected chi connectivity index (χ3v) is 5.75. The average molecular weight is 358 g/mol. The third kappa shape index (κ3) is 3.85. The number of rotatable bonds is 3. The molecular formula is C19H22N2O3S. The summed E-state index contributed by atoms with van der Waals surface area (Å²) in [6.45, 7) is 4.14. The summed E-state index contributed by atoms with van der Waals surface area (Å²) in [5.74, 6) is 0.648. The molecule has 1 aromatic carbocycles. The van der Waals surface area contributed by atoms with E-state index < -0.39 is 0 Å². The molecule has 0 spiro atoms. The van der Waals surface area contributed by atoms with Crippen LogP contribution in [-0.4, -0.2) is 18.9 Å². The van der Waals surface area contributed by atoms with Crippen LogP contribution in [0.25, 0.3) is 0 Å². The van der Waals surface area contributed by atoms with Crippen LogP contribution in [0.5, 0.6) is 5.75 Å². The number of nitrogens with one attached hydrogen (secondary N) is 2. The van der Waals surface area contributed by atoms with E-state index in [9.17, 15) is 9.59 Å². The lowest BCUT2D eigenvalue weighted by atomic mass is 9.90. The molecule has 2 aromatic rings. The molecule has 132 valence electrons. The van der Waals surface area contributed by atoms with Crippen LogP contribution in [0.1, 0.15) is 49.4 Å². The maximum Gasteiger partial charge on any atom is 0.279 e. The number of carbonyl (C=O) groups excluding carboxylic acids is 2. The molecule has 0 fully saturated rings. The molecule has 0 saturated heterocycles. The van der Waals surface area contributed by atoms with Crippen LogP contribution in [0.15, 0.2) is 24.3 Å². The molecule has 0 saturated carbocycles. The van der Waals surface area contributed by atoms with Crippen molar-refractivity contribution < 1.29 is 14.3 Å². The fraction of sp³-hybridized carbons (Fsp3) is 0.368. The predicted molar refractivity (Wildman–Crippen MR) is 98.2 cm³/mol. The predicted octanol–water partition coefficient (Wildman–Crippen LogP) is 3.26. The molecular weight excluding hydrogens is 336 g/mol. The quantitative estimate of drug-likeness (QED) is 0.828. The van der Waals surface area contributed by atoms with Crippen molar-refractivity contribution in [1.29, 1.82) is 0 Å². The first-order valence-corrected chi connectivity index (χ1v) is 9.16. The van der Waals surface area contributed by atoms with E-state index in [4.69, 9.17) is 4.74 Å². The second kappa shape index (κ2) is 7.27. The number of hydrogen-bond acceptors (Lipinski definition) is 4. The molecule has 3 rings (SSSR count). The first-order valence-electron chi connectivity index (χ1n) is 8.35. The second-order valence-electron chi connectivity index (χ2n) is 6.50. The first-order chi connectivity index (χ1) is 12.0. The van der Waals surface area contributed by atoms with Crippen LogP contribution >= 0.6 is 11.3 Å². The maximum absolute atomic E-state index is 12.3. The Bertz CT molecular complexity index is 813. The van der Waals surface area contributed by atoms with Crippen molar-refractivity contribution in [2.75, 3.05) is 7.11 Å². The van der Waals surface area contributed by atoms with Gasteiger partial charge in [0, 0.05) is 10.4 Å². The fourth-order valence-electron chi connectivity index (χ4n) is 3.03. The molecule has 1 heterocycles. The van der Waals surface area contributed by atoms with Gasteiger partial charge in [-0.05, 0) is 61.4 Å². The fourth-order valence-corrected chi connectivity index (χ4v) is 4.13. The van der Waals surface area contributed by atoms with Gasteiger partial charge in [0.25, 0.3) is 11.8 Å². The standard InChI is InChI=1S/C19H22N2O3S/c1-11-4-7-16-14(8-11)10-17(25-16)19(23)21-20-18(22)13-6-5-12(2)15(9-13)24-3/h5-6,9-11H,4,7-8H2,1-3H3,(H,20,22)(H,21,23)/t11-/m1/s1. The van der Waals surface area contributed by atoms with Gasteiger partial charge >= 0.3 is 0 Å². The molecule has 0 aliphatic heterocycles. The lowest BCUT2D eigenvalue weighted by Gasteiger charge is -2.16. The summed E-state index contributed by atoms with van der Waals surface area (Å²) in [4.78, 5) is 26.5. The van der Waals surface area contributed by atoms with Crippen molar-refractivity contribution in [3.63, 3.8) is 0 Å². The molecule has 2 amide bonds. The Morgan fingerprint density at radius 1 is 1.20 bits per heavy atom. The Morgan fingerprint density at radius 3 is 2.72 bits per heavy atom. The van der Waals surface area contributed by atoms with E-state index in [0.717, 1.165) is 18.4 Å². The van der Waals surface area contributed by atoms with Crippen LogP contribution in [-0.2, 0) is 12.8 Å². The van der Waals surface area contributed by atoms with Gasteiger partial charge in [0.1, 0.15) is 5.75 Å². The summed E-state index contributed by atoms with van der Waals surface area (Å²) in [7, 11) is 1.56. The molecule has 2 N–H and O–H groups in total. The first kappa shape index (κ1) is 17.5. The van der Waals surface area contributed by atoms with Crippen molar-refractivity contribution in [2.24, 2.45) is 5.92 Å². The summed E-state index contributed by atoms with van der Waals surface area (Å²) in [5.41, 5.74) is 7.62. The van der Waals surface area contributed by atoms with E-state index in [-0.39, 0.29) is 11.8 Å². The van der Waals surface area contributed by atoms with E-state index in [1.54, 1.807) is 19.2 Å². The molecule has 1 aromatic heterocycles. The van der Waals surface area contributed by atoms with Gasteiger partial charge in [-0.3, -0.25) is 20.4 Å². The number of hydrazine groups is 1. The lowest BCUT2D eigenvalue weighted by Crippen LogP contribution is -2.41. The Hall–Kier alpha value is -2.34. The van der Waals surface area contributed by atoms with E-state index in [2.05, 4.69) is 17.8 Å². The number of ether oxygens (including phenoxy) is 1. The summed E-state index contributed by atoms with van der Waals surface area (Å²) < 4.78 is 5.22. The van der Waals surface area contributed by atoms with Gasteiger partial charge in [-0.15, -0.1) is 11.3 Å². The molecule has 0 bridgehead atoms. The van der Waals surface area contributed by atoms with Gasteiger partial charge < -0.3 is 4.74 Å². The Morgan fingerprint density at radius 2 is 1.96 bits per heavy atom. The monoisotopic (exact) mass is 358 g/mol. The van der Waals surface area contributed by atoms with E-state index in [1.807, 2.05) is 19.1 Å². The third-order valence-electron chi connectivity index (χ3n) is 4.51. The number of benzene rings is 1. The van der Waals surface area contributed by atoms with Gasteiger partial charge in [-0.25, -0.2) is 0 Å². The van der Waals surface area contributed by atoms with Crippen LogP contribution < -0.4 is 15.6 Å². The molecule has 0 unspecified atom stereocenters. The van der Waals surface area contributed by atoms with Crippen LogP contribution in [0, 0.1) is 12.8 Å². The molecule has 1 aliphatic carbocycles. The number of carbonyl (C=O) groups is 2. The SMILES string of the molecule is COc1cc(C(=O)NNC(=O)c2cc3c(s2)CC[C@@H](C)C3)ccc1C.